The lowest BCUT2D eigenvalue weighted by atomic mass is 10.1. The summed E-state index contributed by atoms with van der Waals surface area (Å²) in [4.78, 5) is 1.05. The summed E-state index contributed by atoms with van der Waals surface area (Å²) in [7, 11) is 0. The van der Waals surface area contributed by atoms with Crippen LogP contribution in [0.2, 0.25) is 5.02 Å². The highest BCUT2D eigenvalue weighted by atomic mass is 35.5. The molecule has 0 aliphatic carbocycles. The van der Waals surface area contributed by atoms with Crippen molar-refractivity contribution in [1.82, 2.24) is 0 Å². The lowest BCUT2D eigenvalue weighted by Gasteiger charge is -2.08. The molecule has 0 aromatic heterocycles. The maximum atomic E-state index is 9.06. The molecule has 1 aromatic rings. The van der Waals surface area contributed by atoms with Gasteiger partial charge in [0.05, 0.1) is 11.6 Å². The fraction of sp³-hybridized carbons (Fsp3) is 0.400. The Labute approximate surface area is 88.1 Å². The van der Waals surface area contributed by atoms with Crippen LogP contribution in [0.1, 0.15) is 18.1 Å². The predicted octanol–water partition coefficient (Wildman–Crippen LogP) is 3.12. The minimum Gasteiger partial charge on any atom is -0.392 e. The molecule has 0 fully saturated rings. The first kappa shape index (κ1) is 10.9. The molecule has 0 atom stereocenters. The molecular formula is C10H13ClOS. The SMILES string of the molecule is CCc1cc(CO)c(Cl)c(SC)c1. The fourth-order valence-corrected chi connectivity index (χ4v) is 2.17. The molecule has 1 aromatic carbocycles. The second kappa shape index (κ2) is 4.89. The standard InChI is InChI=1S/C10H13ClOS/c1-3-7-4-8(6-12)10(11)9(5-7)13-2/h4-5,12H,3,6H2,1-2H3. The molecule has 72 valence electrons. The van der Waals surface area contributed by atoms with Crippen molar-refractivity contribution in [3.05, 3.63) is 28.3 Å². The van der Waals surface area contributed by atoms with Crippen molar-refractivity contribution in [3.8, 4) is 0 Å². The number of aliphatic hydroxyl groups excluding tert-OH is 1. The largest absolute Gasteiger partial charge is 0.392 e. The van der Waals surface area contributed by atoms with E-state index in [4.69, 9.17) is 16.7 Å². The zero-order chi connectivity index (χ0) is 9.84. The predicted molar refractivity (Wildman–Crippen MR) is 58.5 cm³/mol. The number of aliphatic hydroxyl groups is 1. The molecule has 0 heterocycles. The quantitative estimate of drug-likeness (QED) is 0.784. The third-order valence-electron chi connectivity index (χ3n) is 1.97. The Morgan fingerprint density at radius 3 is 2.62 bits per heavy atom. The van der Waals surface area contributed by atoms with Crippen LogP contribution in [0.5, 0.6) is 0 Å². The topological polar surface area (TPSA) is 20.2 Å². The van der Waals surface area contributed by atoms with Crippen LogP contribution in [0.4, 0.5) is 0 Å². The number of hydrogen-bond acceptors (Lipinski definition) is 2. The van der Waals surface area contributed by atoms with Crippen molar-refractivity contribution in [2.45, 2.75) is 24.8 Å². The number of benzene rings is 1. The van der Waals surface area contributed by atoms with Crippen LogP contribution in [0.3, 0.4) is 0 Å². The molecule has 0 spiro atoms. The van der Waals surface area contributed by atoms with E-state index in [1.54, 1.807) is 11.8 Å². The Kier molecular flexibility index (Phi) is 4.10. The Balaban J connectivity index is 3.20. The van der Waals surface area contributed by atoms with Gasteiger partial charge in [0.1, 0.15) is 0 Å². The molecule has 0 radical (unpaired) electrons. The van der Waals surface area contributed by atoms with Crippen LogP contribution in [0.15, 0.2) is 17.0 Å². The van der Waals surface area contributed by atoms with E-state index in [2.05, 4.69) is 13.0 Å². The van der Waals surface area contributed by atoms with Crippen LogP contribution in [-0.4, -0.2) is 11.4 Å². The van der Waals surface area contributed by atoms with Gasteiger partial charge in [-0.3, -0.25) is 0 Å². The molecule has 13 heavy (non-hydrogen) atoms. The van der Waals surface area contributed by atoms with Crippen molar-refractivity contribution in [3.63, 3.8) is 0 Å². The van der Waals surface area contributed by atoms with E-state index in [1.165, 1.54) is 5.56 Å². The minimum absolute atomic E-state index is 0.0141. The summed E-state index contributed by atoms with van der Waals surface area (Å²) >= 11 is 7.67. The van der Waals surface area contributed by atoms with E-state index in [9.17, 15) is 0 Å². The van der Waals surface area contributed by atoms with Gasteiger partial charge in [-0.1, -0.05) is 24.6 Å². The average Bonchev–Trinajstić information content (AvgIpc) is 2.18. The average molecular weight is 217 g/mol. The van der Waals surface area contributed by atoms with Crippen LogP contribution in [0, 0.1) is 0 Å². The zero-order valence-electron chi connectivity index (χ0n) is 7.80. The Morgan fingerprint density at radius 2 is 2.15 bits per heavy atom. The molecule has 0 saturated carbocycles. The zero-order valence-corrected chi connectivity index (χ0v) is 9.37. The Hall–Kier alpha value is -0.180. The van der Waals surface area contributed by atoms with Gasteiger partial charge in [0, 0.05) is 4.90 Å². The first-order chi connectivity index (χ1) is 6.22. The normalized spacial score (nSPS) is 10.5. The molecule has 0 unspecified atom stereocenters. The van der Waals surface area contributed by atoms with Crippen LogP contribution in [-0.2, 0) is 13.0 Å². The van der Waals surface area contributed by atoms with E-state index in [-0.39, 0.29) is 6.61 Å². The van der Waals surface area contributed by atoms with Gasteiger partial charge in [-0.25, -0.2) is 0 Å². The smallest absolute Gasteiger partial charge is 0.0696 e. The number of thioether (sulfide) groups is 1. The van der Waals surface area contributed by atoms with Crippen molar-refractivity contribution in [2.75, 3.05) is 6.26 Å². The summed E-state index contributed by atoms with van der Waals surface area (Å²) in [6, 6.07) is 4.04. The molecule has 1 N–H and O–H groups in total. The van der Waals surface area contributed by atoms with Crippen LogP contribution >= 0.6 is 23.4 Å². The summed E-state index contributed by atoms with van der Waals surface area (Å²) < 4.78 is 0. The molecule has 0 bridgehead atoms. The lowest BCUT2D eigenvalue weighted by Crippen LogP contribution is -1.91. The molecule has 0 aliphatic heterocycles. The van der Waals surface area contributed by atoms with Crippen molar-refractivity contribution >= 4 is 23.4 Å². The number of rotatable bonds is 3. The molecule has 0 amide bonds. The van der Waals surface area contributed by atoms with E-state index >= 15 is 0 Å². The van der Waals surface area contributed by atoms with Crippen LogP contribution in [0.25, 0.3) is 0 Å². The maximum Gasteiger partial charge on any atom is 0.0696 e. The summed E-state index contributed by atoms with van der Waals surface area (Å²) in [5.41, 5.74) is 2.04. The Bertz CT molecular complexity index is 274. The highest BCUT2D eigenvalue weighted by Gasteiger charge is 2.06. The van der Waals surface area contributed by atoms with Gasteiger partial charge < -0.3 is 5.11 Å². The summed E-state index contributed by atoms with van der Waals surface area (Å²) in [6.07, 6.45) is 2.96. The van der Waals surface area contributed by atoms with Gasteiger partial charge in [-0.05, 0) is 29.9 Å². The summed E-state index contributed by atoms with van der Waals surface area (Å²) in [6.45, 7) is 2.11. The van der Waals surface area contributed by atoms with Gasteiger partial charge in [0.15, 0.2) is 0 Å². The molecule has 0 saturated heterocycles. The fourth-order valence-electron chi connectivity index (χ4n) is 1.19. The number of hydrogen-bond donors (Lipinski definition) is 1. The van der Waals surface area contributed by atoms with Crippen LogP contribution < -0.4 is 0 Å². The number of halogens is 1. The first-order valence-corrected chi connectivity index (χ1v) is 5.79. The molecule has 1 nitrogen and oxygen atoms in total. The van der Waals surface area contributed by atoms with Gasteiger partial charge in [-0.2, -0.15) is 0 Å². The van der Waals surface area contributed by atoms with Gasteiger partial charge >= 0.3 is 0 Å². The van der Waals surface area contributed by atoms with Gasteiger partial charge in [0.2, 0.25) is 0 Å². The second-order valence-electron chi connectivity index (χ2n) is 2.78. The van der Waals surface area contributed by atoms with Gasteiger partial charge in [0.25, 0.3) is 0 Å². The van der Waals surface area contributed by atoms with E-state index in [0.29, 0.717) is 5.02 Å². The van der Waals surface area contributed by atoms with E-state index in [0.717, 1.165) is 16.9 Å². The number of aryl methyl sites for hydroxylation is 1. The molecule has 1 rings (SSSR count). The Morgan fingerprint density at radius 1 is 1.46 bits per heavy atom. The van der Waals surface area contributed by atoms with Crippen molar-refractivity contribution in [2.24, 2.45) is 0 Å². The lowest BCUT2D eigenvalue weighted by molar-refractivity contribution is 0.281. The molecule has 0 aliphatic rings. The minimum atomic E-state index is 0.0141. The van der Waals surface area contributed by atoms with E-state index < -0.39 is 0 Å². The summed E-state index contributed by atoms with van der Waals surface area (Å²) in [5, 5.41) is 9.75. The monoisotopic (exact) mass is 216 g/mol. The van der Waals surface area contributed by atoms with Gasteiger partial charge in [-0.15, -0.1) is 11.8 Å². The molecular weight excluding hydrogens is 204 g/mol. The molecule has 3 heteroatoms. The van der Waals surface area contributed by atoms with Crippen molar-refractivity contribution in [1.29, 1.82) is 0 Å². The van der Waals surface area contributed by atoms with Crippen molar-refractivity contribution < 1.29 is 5.11 Å². The maximum absolute atomic E-state index is 9.06. The third kappa shape index (κ3) is 2.39. The summed E-state index contributed by atoms with van der Waals surface area (Å²) in [5.74, 6) is 0. The highest BCUT2D eigenvalue weighted by molar-refractivity contribution is 7.98. The van der Waals surface area contributed by atoms with E-state index in [1.807, 2.05) is 12.3 Å². The first-order valence-electron chi connectivity index (χ1n) is 4.19. The third-order valence-corrected chi connectivity index (χ3v) is 3.29. The second-order valence-corrected chi connectivity index (χ2v) is 4.01. The highest BCUT2D eigenvalue weighted by Crippen LogP contribution is 2.30.